The Hall–Kier alpha value is -1.10. The second kappa shape index (κ2) is 6.00. The fourth-order valence-corrected chi connectivity index (χ4v) is 1.96. The predicted molar refractivity (Wildman–Crippen MR) is 72.7 cm³/mol. The van der Waals surface area contributed by atoms with Gasteiger partial charge in [0.25, 0.3) is 0 Å². The van der Waals surface area contributed by atoms with E-state index in [4.69, 9.17) is 0 Å². The lowest BCUT2D eigenvalue weighted by Crippen LogP contribution is -2.36. The van der Waals surface area contributed by atoms with Crippen LogP contribution in [0.25, 0.3) is 0 Å². The Bertz CT molecular complexity index is 376. The van der Waals surface area contributed by atoms with Gasteiger partial charge in [-0.2, -0.15) is 4.37 Å². The molecule has 0 saturated carbocycles. The van der Waals surface area contributed by atoms with Crippen molar-refractivity contribution in [1.82, 2.24) is 9.27 Å². The van der Waals surface area contributed by atoms with E-state index < -0.39 is 0 Å². The number of carbonyl (C=O) groups excluding carboxylic acids is 1. The van der Waals surface area contributed by atoms with Gasteiger partial charge in [0.1, 0.15) is 5.00 Å². The lowest BCUT2D eigenvalue weighted by atomic mass is 10.1. The first-order chi connectivity index (χ1) is 7.95. The molecule has 0 radical (unpaired) electrons. The van der Waals surface area contributed by atoms with Gasteiger partial charge in [-0.05, 0) is 43.8 Å². The van der Waals surface area contributed by atoms with E-state index in [1.807, 2.05) is 19.9 Å². The summed E-state index contributed by atoms with van der Waals surface area (Å²) in [5.41, 5.74) is 1.06. The van der Waals surface area contributed by atoms with Gasteiger partial charge in [0.2, 0.25) is 0 Å². The van der Waals surface area contributed by atoms with Crippen molar-refractivity contribution >= 4 is 22.6 Å². The lowest BCUT2D eigenvalue weighted by molar-refractivity contribution is 0.211. The van der Waals surface area contributed by atoms with Gasteiger partial charge in [-0.1, -0.05) is 13.8 Å². The third kappa shape index (κ3) is 3.70. The minimum atomic E-state index is -0.0839. The van der Waals surface area contributed by atoms with Crippen molar-refractivity contribution in [1.29, 1.82) is 0 Å². The molecule has 1 N–H and O–H groups in total. The van der Waals surface area contributed by atoms with E-state index in [9.17, 15) is 4.79 Å². The van der Waals surface area contributed by atoms with E-state index in [1.165, 1.54) is 11.5 Å². The smallest absolute Gasteiger partial charge is 0.322 e. The molecule has 0 aliphatic carbocycles. The molecule has 1 aromatic rings. The molecule has 96 valence electrons. The number of rotatable bonds is 4. The molecule has 5 heteroatoms. The average molecular weight is 255 g/mol. The molecule has 1 atom stereocenters. The Kier molecular flexibility index (Phi) is 4.93. The highest BCUT2D eigenvalue weighted by Crippen LogP contribution is 2.24. The van der Waals surface area contributed by atoms with Crippen LogP contribution in [0.2, 0.25) is 0 Å². The van der Waals surface area contributed by atoms with Gasteiger partial charge in [0, 0.05) is 13.1 Å². The highest BCUT2D eigenvalue weighted by Gasteiger charge is 2.14. The first-order valence-corrected chi connectivity index (χ1v) is 6.73. The number of hydrogen-bond acceptors (Lipinski definition) is 3. The van der Waals surface area contributed by atoms with Gasteiger partial charge in [-0.25, -0.2) is 4.79 Å². The van der Waals surface area contributed by atoms with E-state index >= 15 is 0 Å². The summed E-state index contributed by atoms with van der Waals surface area (Å²) in [6, 6.07) is 2.07. The fraction of sp³-hybridized carbons (Fsp3) is 0.667. The van der Waals surface area contributed by atoms with Crippen LogP contribution < -0.4 is 5.32 Å². The lowest BCUT2D eigenvalue weighted by Gasteiger charge is -2.21. The Balaban J connectivity index is 2.63. The standard InChI is InChI=1S/C12H21N3OS/c1-6-9(4)10-7-11(17-14-10)13-12(16)15(5)8(2)3/h7-9H,6H2,1-5H3,(H,13,16). The quantitative estimate of drug-likeness (QED) is 0.894. The Morgan fingerprint density at radius 2 is 2.18 bits per heavy atom. The number of anilines is 1. The van der Waals surface area contributed by atoms with Crippen molar-refractivity contribution in [2.45, 2.75) is 46.1 Å². The summed E-state index contributed by atoms with van der Waals surface area (Å²) in [6.45, 7) is 8.24. The molecule has 1 rings (SSSR count). The first-order valence-electron chi connectivity index (χ1n) is 5.96. The molecule has 0 saturated heterocycles. The summed E-state index contributed by atoms with van der Waals surface area (Å²) < 4.78 is 4.35. The number of nitrogens with one attached hydrogen (secondary N) is 1. The minimum absolute atomic E-state index is 0.0839. The number of hydrogen-bond donors (Lipinski definition) is 1. The summed E-state index contributed by atoms with van der Waals surface area (Å²) in [5.74, 6) is 0.444. The summed E-state index contributed by atoms with van der Waals surface area (Å²) in [7, 11) is 1.79. The zero-order valence-corrected chi connectivity index (χ0v) is 12.0. The maximum Gasteiger partial charge on any atom is 0.322 e. The molecule has 0 aliphatic rings. The monoisotopic (exact) mass is 255 g/mol. The van der Waals surface area contributed by atoms with Crippen molar-refractivity contribution in [3.05, 3.63) is 11.8 Å². The first kappa shape index (κ1) is 14.0. The summed E-state index contributed by atoms with van der Waals surface area (Å²) in [4.78, 5) is 13.5. The van der Waals surface area contributed by atoms with Gasteiger partial charge in [0.15, 0.2) is 0 Å². The molecule has 17 heavy (non-hydrogen) atoms. The molecular formula is C12H21N3OS. The number of amides is 2. The van der Waals surface area contributed by atoms with Gasteiger partial charge < -0.3 is 4.90 Å². The zero-order chi connectivity index (χ0) is 13.0. The number of urea groups is 1. The van der Waals surface area contributed by atoms with E-state index in [0.29, 0.717) is 5.92 Å². The van der Waals surface area contributed by atoms with Crippen molar-refractivity contribution < 1.29 is 4.79 Å². The number of nitrogens with zero attached hydrogens (tertiary/aromatic N) is 2. The highest BCUT2D eigenvalue weighted by molar-refractivity contribution is 7.10. The van der Waals surface area contributed by atoms with Crippen molar-refractivity contribution in [3.8, 4) is 0 Å². The topological polar surface area (TPSA) is 45.2 Å². The van der Waals surface area contributed by atoms with Crippen LogP contribution in [0.4, 0.5) is 9.80 Å². The van der Waals surface area contributed by atoms with Crippen LogP contribution in [-0.4, -0.2) is 28.4 Å². The van der Waals surface area contributed by atoms with Crippen LogP contribution in [0, 0.1) is 0 Å². The van der Waals surface area contributed by atoms with Gasteiger partial charge in [-0.15, -0.1) is 0 Å². The summed E-state index contributed by atoms with van der Waals surface area (Å²) in [5, 5.41) is 3.68. The van der Waals surface area contributed by atoms with Crippen LogP contribution in [0.5, 0.6) is 0 Å². The second-order valence-corrected chi connectivity index (χ2v) is 5.37. The number of carbonyl (C=O) groups is 1. The zero-order valence-electron chi connectivity index (χ0n) is 11.2. The van der Waals surface area contributed by atoms with Gasteiger partial charge in [-0.3, -0.25) is 5.32 Å². The molecule has 0 bridgehead atoms. The molecule has 1 aromatic heterocycles. The molecule has 0 aliphatic heterocycles. The van der Waals surface area contributed by atoms with Crippen LogP contribution in [0.15, 0.2) is 6.07 Å². The third-order valence-electron chi connectivity index (χ3n) is 2.97. The normalized spacial score (nSPS) is 12.6. The Labute approximate surface area is 107 Å². The van der Waals surface area contributed by atoms with Crippen LogP contribution in [-0.2, 0) is 0 Å². The number of aromatic nitrogens is 1. The van der Waals surface area contributed by atoms with Gasteiger partial charge >= 0.3 is 6.03 Å². The van der Waals surface area contributed by atoms with Crippen molar-refractivity contribution in [2.75, 3.05) is 12.4 Å². The van der Waals surface area contributed by atoms with Crippen LogP contribution in [0.1, 0.15) is 45.7 Å². The second-order valence-electron chi connectivity index (χ2n) is 4.56. The van der Waals surface area contributed by atoms with Crippen molar-refractivity contribution in [3.63, 3.8) is 0 Å². The van der Waals surface area contributed by atoms with E-state index in [-0.39, 0.29) is 12.1 Å². The molecule has 4 nitrogen and oxygen atoms in total. The SMILES string of the molecule is CCC(C)c1cc(NC(=O)N(C)C(C)C)sn1. The van der Waals surface area contributed by atoms with E-state index in [0.717, 1.165) is 17.1 Å². The predicted octanol–water partition coefficient (Wildman–Crippen LogP) is 3.53. The average Bonchev–Trinajstić information content (AvgIpc) is 2.75. The molecule has 1 heterocycles. The van der Waals surface area contributed by atoms with Gasteiger partial charge in [0.05, 0.1) is 5.69 Å². The van der Waals surface area contributed by atoms with E-state index in [2.05, 4.69) is 23.5 Å². The maximum absolute atomic E-state index is 11.8. The molecule has 0 aromatic carbocycles. The Morgan fingerprint density at radius 1 is 1.53 bits per heavy atom. The van der Waals surface area contributed by atoms with Crippen LogP contribution in [0.3, 0.4) is 0 Å². The summed E-state index contributed by atoms with van der Waals surface area (Å²) in [6.07, 6.45) is 1.06. The largest absolute Gasteiger partial charge is 0.325 e. The van der Waals surface area contributed by atoms with Crippen LogP contribution >= 0.6 is 11.5 Å². The molecule has 0 fully saturated rings. The molecule has 1 unspecified atom stereocenters. The maximum atomic E-state index is 11.8. The molecular weight excluding hydrogens is 234 g/mol. The third-order valence-corrected chi connectivity index (χ3v) is 3.69. The fourth-order valence-electron chi connectivity index (χ4n) is 1.22. The highest BCUT2D eigenvalue weighted by atomic mass is 32.1. The minimum Gasteiger partial charge on any atom is -0.325 e. The summed E-state index contributed by atoms with van der Waals surface area (Å²) >= 11 is 1.34. The molecule has 2 amide bonds. The van der Waals surface area contributed by atoms with E-state index in [1.54, 1.807) is 11.9 Å². The molecule has 0 spiro atoms. The van der Waals surface area contributed by atoms with Crippen molar-refractivity contribution in [2.24, 2.45) is 0 Å². The Morgan fingerprint density at radius 3 is 2.71 bits per heavy atom.